The minimum Gasteiger partial charge on any atom is -0.369 e. The maximum atomic E-state index is 11.4. The van der Waals surface area contributed by atoms with Gasteiger partial charge in [-0.3, -0.25) is 9.69 Å². The van der Waals surface area contributed by atoms with Crippen LogP contribution in [0.4, 0.5) is 0 Å². The van der Waals surface area contributed by atoms with Gasteiger partial charge in [-0.25, -0.2) is 0 Å². The van der Waals surface area contributed by atoms with E-state index in [9.17, 15) is 10.1 Å². The van der Waals surface area contributed by atoms with E-state index in [1.807, 2.05) is 0 Å². The number of carbonyl (C=O) groups is 1. The first-order valence-corrected chi connectivity index (χ1v) is 7.58. The molecule has 2 aliphatic rings. The van der Waals surface area contributed by atoms with Crippen LogP contribution in [0.25, 0.3) is 0 Å². The molecule has 0 spiro atoms. The van der Waals surface area contributed by atoms with Crippen molar-refractivity contribution in [1.29, 1.82) is 5.26 Å². The van der Waals surface area contributed by atoms with Crippen molar-refractivity contribution in [3.8, 4) is 6.07 Å². The summed E-state index contributed by atoms with van der Waals surface area (Å²) in [6, 6.07) is 3.29. The molecule has 0 aromatic rings. The van der Waals surface area contributed by atoms with Crippen LogP contribution >= 0.6 is 0 Å². The van der Waals surface area contributed by atoms with Gasteiger partial charge in [0.15, 0.2) is 0 Å². The molecule has 0 bridgehead atoms. The zero-order chi connectivity index (χ0) is 13.8. The van der Waals surface area contributed by atoms with Gasteiger partial charge in [0.05, 0.1) is 17.9 Å². The Morgan fingerprint density at radius 1 is 1.21 bits per heavy atom. The average molecular weight is 263 g/mol. The zero-order valence-corrected chi connectivity index (χ0v) is 11.8. The molecular formula is C15H25N3O. The number of hydrogen-bond donors (Lipinski definition) is 1. The van der Waals surface area contributed by atoms with E-state index in [1.54, 1.807) is 0 Å². The summed E-state index contributed by atoms with van der Waals surface area (Å²) in [5, 5.41) is 9.41. The Hall–Kier alpha value is -1.08. The molecule has 0 aromatic carbocycles. The molecule has 2 rings (SSSR count). The van der Waals surface area contributed by atoms with E-state index in [-0.39, 0.29) is 17.7 Å². The molecule has 106 valence electrons. The fraction of sp³-hybridized carbons (Fsp3) is 0.867. The largest absolute Gasteiger partial charge is 0.369 e. The Morgan fingerprint density at radius 3 is 2.63 bits per heavy atom. The first-order chi connectivity index (χ1) is 9.13. The van der Waals surface area contributed by atoms with Crippen LogP contribution in [0.15, 0.2) is 0 Å². The molecule has 4 unspecified atom stereocenters. The normalized spacial score (nSPS) is 37.3. The maximum absolute atomic E-state index is 11.4. The first-order valence-electron chi connectivity index (χ1n) is 7.58. The lowest BCUT2D eigenvalue weighted by atomic mass is 9.87. The van der Waals surface area contributed by atoms with Gasteiger partial charge in [0.25, 0.3) is 0 Å². The van der Waals surface area contributed by atoms with Gasteiger partial charge < -0.3 is 5.73 Å². The highest BCUT2D eigenvalue weighted by Gasteiger charge is 2.36. The monoisotopic (exact) mass is 263 g/mol. The fourth-order valence-electron chi connectivity index (χ4n) is 3.66. The van der Waals surface area contributed by atoms with Gasteiger partial charge >= 0.3 is 0 Å². The quantitative estimate of drug-likeness (QED) is 0.775. The van der Waals surface area contributed by atoms with Gasteiger partial charge in [-0.05, 0) is 32.6 Å². The highest BCUT2D eigenvalue weighted by atomic mass is 16.1. The van der Waals surface area contributed by atoms with Gasteiger partial charge in [-0.15, -0.1) is 0 Å². The van der Waals surface area contributed by atoms with Crippen molar-refractivity contribution in [2.24, 2.45) is 17.6 Å². The van der Waals surface area contributed by atoms with Crippen molar-refractivity contribution in [3.05, 3.63) is 0 Å². The summed E-state index contributed by atoms with van der Waals surface area (Å²) in [5.41, 5.74) is 5.47. The van der Waals surface area contributed by atoms with Crippen LogP contribution in [-0.4, -0.2) is 29.4 Å². The van der Waals surface area contributed by atoms with Gasteiger partial charge in [0.2, 0.25) is 5.91 Å². The van der Waals surface area contributed by atoms with Crippen LogP contribution in [0.3, 0.4) is 0 Å². The molecule has 19 heavy (non-hydrogen) atoms. The second-order valence-electron chi connectivity index (χ2n) is 6.16. The zero-order valence-electron chi connectivity index (χ0n) is 11.8. The third kappa shape index (κ3) is 3.27. The van der Waals surface area contributed by atoms with E-state index in [2.05, 4.69) is 17.9 Å². The molecule has 4 nitrogen and oxygen atoms in total. The number of hydrogen-bond acceptors (Lipinski definition) is 3. The highest BCUT2D eigenvalue weighted by molar-refractivity contribution is 5.77. The lowest BCUT2D eigenvalue weighted by Crippen LogP contribution is -2.52. The second kappa shape index (κ2) is 6.38. The van der Waals surface area contributed by atoms with Crippen molar-refractivity contribution < 1.29 is 4.79 Å². The van der Waals surface area contributed by atoms with Crippen LogP contribution in [0.1, 0.15) is 51.9 Å². The number of primary amides is 1. The smallest absolute Gasteiger partial charge is 0.221 e. The number of rotatable bonds is 2. The lowest BCUT2D eigenvalue weighted by molar-refractivity contribution is -0.124. The van der Waals surface area contributed by atoms with Crippen LogP contribution in [-0.2, 0) is 4.79 Å². The van der Waals surface area contributed by atoms with Gasteiger partial charge in [-0.1, -0.05) is 19.3 Å². The Labute approximate surface area is 115 Å². The number of carbonyl (C=O) groups excluding carboxylic acids is 1. The summed E-state index contributed by atoms with van der Waals surface area (Å²) >= 11 is 0. The molecule has 1 amide bonds. The Kier molecular flexibility index (Phi) is 4.81. The minimum atomic E-state index is -0.181. The molecular weight excluding hydrogens is 238 g/mol. The van der Waals surface area contributed by atoms with Gasteiger partial charge in [0, 0.05) is 18.6 Å². The minimum absolute atomic E-state index is 0.0289. The molecule has 2 N–H and O–H groups in total. The van der Waals surface area contributed by atoms with Crippen molar-refractivity contribution in [1.82, 2.24) is 4.90 Å². The fourth-order valence-corrected chi connectivity index (χ4v) is 3.66. The Balaban J connectivity index is 2.11. The Morgan fingerprint density at radius 2 is 1.95 bits per heavy atom. The Bertz CT molecular complexity index is 363. The number of amides is 1. The van der Waals surface area contributed by atoms with Crippen molar-refractivity contribution in [2.45, 2.75) is 64.0 Å². The average Bonchev–Trinajstić information content (AvgIpc) is 2.64. The summed E-state index contributed by atoms with van der Waals surface area (Å²) in [7, 11) is 0. The summed E-state index contributed by atoms with van der Waals surface area (Å²) in [6.07, 6.45) is 7.61. The maximum Gasteiger partial charge on any atom is 0.221 e. The van der Waals surface area contributed by atoms with Gasteiger partial charge in [-0.2, -0.15) is 5.26 Å². The van der Waals surface area contributed by atoms with Crippen LogP contribution < -0.4 is 5.73 Å². The van der Waals surface area contributed by atoms with Crippen LogP contribution in [0.2, 0.25) is 0 Å². The third-order valence-electron chi connectivity index (χ3n) is 4.90. The van der Waals surface area contributed by atoms with E-state index >= 15 is 0 Å². The molecule has 1 aliphatic heterocycles. The predicted molar refractivity (Wildman–Crippen MR) is 74.1 cm³/mol. The molecule has 1 saturated heterocycles. The number of nitrogens with two attached hydrogens (primary N) is 1. The molecule has 1 saturated carbocycles. The van der Waals surface area contributed by atoms with E-state index in [0.717, 1.165) is 38.6 Å². The van der Waals surface area contributed by atoms with E-state index in [4.69, 9.17) is 5.73 Å². The summed E-state index contributed by atoms with van der Waals surface area (Å²) in [5.74, 6) is -0.0885. The number of nitriles is 1. The topological polar surface area (TPSA) is 70.1 Å². The molecule has 0 aromatic heterocycles. The van der Waals surface area contributed by atoms with Gasteiger partial charge in [0.1, 0.15) is 0 Å². The number of piperidine rings is 1. The van der Waals surface area contributed by atoms with E-state index < -0.39 is 0 Å². The molecule has 2 fully saturated rings. The summed E-state index contributed by atoms with van der Waals surface area (Å²) < 4.78 is 0. The number of nitrogens with zero attached hydrogens (tertiary/aromatic N) is 2. The standard InChI is InChI=1S/C15H25N3O/c1-11-7-8-13(15(17)19)10-18(11)14-6-4-2-3-5-12(14)9-16/h11-14H,2-8,10H2,1H3,(H2,17,19). The predicted octanol–water partition coefficient (Wildman–Crippen LogP) is 2.04. The first kappa shape index (κ1) is 14.3. The highest BCUT2D eigenvalue weighted by Crippen LogP contribution is 2.32. The summed E-state index contributed by atoms with van der Waals surface area (Å²) in [6.45, 7) is 2.97. The van der Waals surface area contributed by atoms with Crippen molar-refractivity contribution in [2.75, 3.05) is 6.54 Å². The SMILES string of the molecule is CC1CCC(C(N)=O)CN1C1CCCCCC1C#N. The molecule has 4 atom stereocenters. The van der Waals surface area contributed by atoms with E-state index in [1.165, 1.54) is 12.8 Å². The summed E-state index contributed by atoms with van der Waals surface area (Å²) in [4.78, 5) is 13.8. The molecule has 0 radical (unpaired) electrons. The van der Waals surface area contributed by atoms with Crippen molar-refractivity contribution in [3.63, 3.8) is 0 Å². The third-order valence-corrected chi connectivity index (χ3v) is 4.90. The molecule has 1 aliphatic carbocycles. The van der Waals surface area contributed by atoms with Crippen LogP contribution in [0, 0.1) is 23.2 Å². The second-order valence-corrected chi connectivity index (χ2v) is 6.16. The molecule has 4 heteroatoms. The van der Waals surface area contributed by atoms with Crippen molar-refractivity contribution >= 4 is 5.91 Å². The number of likely N-dealkylation sites (tertiary alicyclic amines) is 1. The lowest BCUT2D eigenvalue weighted by Gasteiger charge is -2.43. The van der Waals surface area contributed by atoms with Crippen LogP contribution in [0.5, 0.6) is 0 Å². The molecule has 1 heterocycles. The van der Waals surface area contributed by atoms with E-state index in [0.29, 0.717) is 12.1 Å².